The molecule has 1 fully saturated rings. The van der Waals surface area contributed by atoms with E-state index in [2.05, 4.69) is 0 Å². The van der Waals surface area contributed by atoms with Crippen LogP contribution in [0.5, 0.6) is 0 Å². The average Bonchev–Trinajstić information content (AvgIpc) is 3.22. The van der Waals surface area contributed by atoms with Crippen LogP contribution in [0.25, 0.3) is 10.9 Å². The monoisotopic (exact) mass is 391 g/mol. The largest absolute Gasteiger partial charge is 0.366 e. The third-order valence-electron chi connectivity index (χ3n) is 5.50. The third-order valence-corrected chi connectivity index (χ3v) is 5.50. The lowest BCUT2D eigenvalue weighted by Gasteiger charge is -2.17. The fraction of sp³-hybridized carbons (Fsp3) is 0.261. The van der Waals surface area contributed by atoms with Crippen molar-refractivity contribution in [2.24, 2.45) is 5.73 Å². The van der Waals surface area contributed by atoms with Crippen molar-refractivity contribution in [3.05, 3.63) is 77.2 Å². The van der Waals surface area contributed by atoms with Crippen LogP contribution in [-0.4, -0.2) is 34.8 Å². The number of nitrogens with two attached hydrogens (primary N) is 1. The van der Waals surface area contributed by atoms with E-state index < -0.39 is 5.91 Å². The summed E-state index contributed by atoms with van der Waals surface area (Å²) < 4.78 is 13.0. The molecule has 1 aromatic heterocycles. The molecule has 2 N–H and O–H groups in total. The molecule has 2 aromatic carbocycles. The number of aromatic nitrogens is 1. The van der Waals surface area contributed by atoms with Crippen LogP contribution in [0.2, 0.25) is 0 Å². The number of carbonyl (C=O) groups excluding carboxylic acids is 2. The highest BCUT2D eigenvalue weighted by molar-refractivity contribution is 6.05. The van der Waals surface area contributed by atoms with Crippen molar-refractivity contribution >= 4 is 22.7 Å². The minimum Gasteiger partial charge on any atom is -0.366 e. The van der Waals surface area contributed by atoms with Crippen molar-refractivity contribution in [2.45, 2.75) is 25.2 Å². The summed E-state index contributed by atoms with van der Waals surface area (Å²) in [6.07, 6.45) is 1.77. The highest BCUT2D eigenvalue weighted by Gasteiger charge is 2.28. The third kappa shape index (κ3) is 4.11. The van der Waals surface area contributed by atoms with E-state index >= 15 is 0 Å². The van der Waals surface area contributed by atoms with Gasteiger partial charge in [-0.05, 0) is 42.7 Å². The lowest BCUT2D eigenvalue weighted by atomic mass is 9.99. The zero-order valence-corrected chi connectivity index (χ0v) is 16.0. The predicted octanol–water partition coefficient (Wildman–Crippen LogP) is 3.42. The van der Waals surface area contributed by atoms with E-state index in [4.69, 9.17) is 10.7 Å². The number of likely N-dealkylation sites (tertiary alicyclic amines) is 1. The number of aryl methyl sites for hydroxylation is 1. The van der Waals surface area contributed by atoms with Gasteiger partial charge < -0.3 is 10.6 Å². The molecule has 148 valence electrons. The van der Waals surface area contributed by atoms with Gasteiger partial charge in [-0.25, -0.2) is 4.39 Å². The van der Waals surface area contributed by atoms with Gasteiger partial charge in [-0.1, -0.05) is 30.3 Å². The van der Waals surface area contributed by atoms with E-state index in [1.807, 2.05) is 29.2 Å². The summed E-state index contributed by atoms with van der Waals surface area (Å²) in [5, 5.41) is 0.744. The Kier molecular flexibility index (Phi) is 5.25. The second kappa shape index (κ2) is 7.99. The molecule has 0 aliphatic carbocycles. The number of benzene rings is 2. The summed E-state index contributed by atoms with van der Waals surface area (Å²) in [6, 6.07) is 15.4. The van der Waals surface area contributed by atoms with Crippen LogP contribution in [0.15, 0.2) is 54.6 Å². The Bertz CT molecular complexity index is 1070. The van der Waals surface area contributed by atoms with Crippen LogP contribution >= 0.6 is 0 Å². The molecule has 5 nitrogen and oxygen atoms in total. The number of pyridine rings is 1. The minimum absolute atomic E-state index is 0.0764. The molecule has 1 atom stereocenters. The standard InChI is InChI=1S/C23H22FN3O2/c24-17-8-5-15(6-9-17)7-10-22(28)27-12-11-16(14-27)21-13-19(23(25)29)18-3-1-2-4-20(18)26-21/h1-6,8-9,13,16H,7,10-12,14H2,(H2,25,29). The Hall–Kier alpha value is -3.28. The fourth-order valence-electron chi connectivity index (χ4n) is 3.90. The topological polar surface area (TPSA) is 76.3 Å². The van der Waals surface area contributed by atoms with Crippen LogP contribution in [0.1, 0.15) is 40.4 Å². The Morgan fingerprint density at radius 3 is 2.66 bits per heavy atom. The number of para-hydroxylation sites is 1. The highest BCUT2D eigenvalue weighted by Crippen LogP contribution is 2.29. The van der Waals surface area contributed by atoms with E-state index in [-0.39, 0.29) is 17.6 Å². The first-order chi connectivity index (χ1) is 14.0. The number of primary amides is 1. The number of hydrogen-bond donors (Lipinski definition) is 1. The number of hydrogen-bond acceptors (Lipinski definition) is 3. The number of amides is 2. The molecule has 1 unspecified atom stereocenters. The SMILES string of the molecule is NC(=O)c1cc(C2CCN(C(=O)CCc3ccc(F)cc3)C2)nc2ccccc12. The summed E-state index contributed by atoms with van der Waals surface area (Å²) in [5.74, 6) is -0.601. The van der Waals surface area contributed by atoms with Gasteiger partial charge in [-0.15, -0.1) is 0 Å². The van der Waals surface area contributed by atoms with Crippen molar-refractivity contribution in [1.82, 2.24) is 9.88 Å². The molecule has 2 heterocycles. The maximum absolute atomic E-state index is 13.0. The maximum Gasteiger partial charge on any atom is 0.249 e. The minimum atomic E-state index is -0.477. The normalized spacial score (nSPS) is 16.3. The van der Waals surface area contributed by atoms with E-state index in [9.17, 15) is 14.0 Å². The number of halogens is 1. The van der Waals surface area contributed by atoms with Gasteiger partial charge in [0.25, 0.3) is 0 Å². The van der Waals surface area contributed by atoms with Gasteiger partial charge in [0, 0.05) is 36.5 Å². The van der Waals surface area contributed by atoms with Gasteiger partial charge in [0.2, 0.25) is 11.8 Å². The van der Waals surface area contributed by atoms with Gasteiger partial charge in [-0.3, -0.25) is 14.6 Å². The summed E-state index contributed by atoms with van der Waals surface area (Å²) in [6.45, 7) is 1.24. The second-order valence-electron chi connectivity index (χ2n) is 7.43. The number of fused-ring (bicyclic) bond motifs is 1. The van der Waals surface area contributed by atoms with Crippen LogP contribution < -0.4 is 5.73 Å². The molecule has 3 aromatic rings. The fourth-order valence-corrected chi connectivity index (χ4v) is 3.90. The molecule has 1 aliphatic rings. The molecule has 4 rings (SSSR count). The first kappa shape index (κ1) is 19.1. The van der Waals surface area contributed by atoms with Gasteiger partial charge in [0.15, 0.2) is 0 Å². The highest BCUT2D eigenvalue weighted by atomic mass is 19.1. The second-order valence-corrected chi connectivity index (χ2v) is 7.43. The van der Waals surface area contributed by atoms with Crippen molar-refractivity contribution in [2.75, 3.05) is 13.1 Å². The van der Waals surface area contributed by atoms with E-state index in [0.717, 1.165) is 28.6 Å². The molecule has 0 saturated carbocycles. The van der Waals surface area contributed by atoms with Crippen LogP contribution in [-0.2, 0) is 11.2 Å². The molecular formula is C23H22FN3O2. The average molecular weight is 391 g/mol. The Labute approximate surface area is 168 Å². The van der Waals surface area contributed by atoms with Gasteiger partial charge >= 0.3 is 0 Å². The van der Waals surface area contributed by atoms with E-state index in [0.29, 0.717) is 31.5 Å². The lowest BCUT2D eigenvalue weighted by Crippen LogP contribution is -2.28. The number of carbonyl (C=O) groups is 2. The smallest absolute Gasteiger partial charge is 0.249 e. The lowest BCUT2D eigenvalue weighted by molar-refractivity contribution is -0.130. The van der Waals surface area contributed by atoms with Crippen molar-refractivity contribution in [1.29, 1.82) is 0 Å². The molecular weight excluding hydrogens is 369 g/mol. The zero-order valence-electron chi connectivity index (χ0n) is 16.0. The molecule has 29 heavy (non-hydrogen) atoms. The van der Waals surface area contributed by atoms with Crippen molar-refractivity contribution < 1.29 is 14.0 Å². The van der Waals surface area contributed by atoms with Crippen LogP contribution in [0, 0.1) is 5.82 Å². The molecule has 0 spiro atoms. The first-order valence-corrected chi connectivity index (χ1v) is 9.73. The Morgan fingerprint density at radius 2 is 1.90 bits per heavy atom. The van der Waals surface area contributed by atoms with E-state index in [1.54, 1.807) is 18.2 Å². The molecule has 0 radical (unpaired) electrons. The van der Waals surface area contributed by atoms with Crippen LogP contribution in [0.4, 0.5) is 4.39 Å². The maximum atomic E-state index is 13.0. The number of rotatable bonds is 5. The summed E-state index contributed by atoms with van der Waals surface area (Å²) in [4.78, 5) is 31.1. The molecule has 2 amide bonds. The Morgan fingerprint density at radius 1 is 1.14 bits per heavy atom. The van der Waals surface area contributed by atoms with Gasteiger partial charge in [0.1, 0.15) is 5.82 Å². The first-order valence-electron chi connectivity index (χ1n) is 9.73. The van der Waals surface area contributed by atoms with Crippen LogP contribution in [0.3, 0.4) is 0 Å². The molecule has 1 saturated heterocycles. The quantitative estimate of drug-likeness (QED) is 0.724. The number of nitrogens with zero attached hydrogens (tertiary/aromatic N) is 2. The van der Waals surface area contributed by atoms with Crippen molar-refractivity contribution in [3.63, 3.8) is 0 Å². The zero-order chi connectivity index (χ0) is 20.4. The Balaban J connectivity index is 1.46. The van der Waals surface area contributed by atoms with Gasteiger partial charge in [-0.2, -0.15) is 0 Å². The predicted molar refractivity (Wildman–Crippen MR) is 109 cm³/mol. The molecule has 1 aliphatic heterocycles. The van der Waals surface area contributed by atoms with E-state index in [1.165, 1.54) is 12.1 Å². The molecule has 0 bridgehead atoms. The summed E-state index contributed by atoms with van der Waals surface area (Å²) in [7, 11) is 0. The molecule has 6 heteroatoms. The van der Waals surface area contributed by atoms with Crippen molar-refractivity contribution in [3.8, 4) is 0 Å². The van der Waals surface area contributed by atoms with Gasteiger partial charge in [0.05, 0.1) is 11.1 Å². The summed E-state index contributed by atoms with van der Waals surface area (Å²) >= 11 is 0. The summed E-state index contributed by atoms with van der Waals surface area (Å²) in [5.41, 5.74) is 8.51.